The SMILES string of the molecule is CCCOc1ccc(C2/C(=C(\O)c3ccc(C)cc3)C(=O)C(=O)N2c2nc(C)c(C(=O)OC)s2)cc1OCC. The van der Waals surface area contributed by atoms with Gasteiger partial charge >= 0.3 is 11.9 Å². The van der Waals surface area contributed by atoms with E-state index in [0.29, 0.717) is 41.5 Å². The summed E-state index contributed by atoms with van der Waals surface area (Å²) in [7, 11) is 1.26. The number of thiazole rings is 1. The number of carbonyl (C=O) groups excluding carboxylic acids is 3. The number of benzene rings is 2. The number of hydrogen-bond donors (Lipinski definition) is 1. The lowest BCUT2D eigenvalue weighted by atomic mass is 9.95. The number of nitrogens with zero attached hydrogens (tertiary/aromatic N) is 2. The molecule has 1 N–H and O–H groups in total. The summed E-state index contributed by atoms with van der Waals surface area (Å²) in [6.07, 6.45) is 0.802. The quantitative estimate of drug-likeness (QED) is 0.164. The minimum atomic E-state index is -1.04. The van der Waals surface area contributed by atoms with Crippen molar-refractivity contribution in [2.24, 2.45) is 0 Å². The van der Waals surface area contributed by atoms with Gasteiger partial charge < -0.3 is 19.3 Å². The fraction of sp³-hybridized carbons (Fsp3) is 0.310. The van der Waals surface area contributed by atoms with Gasteiger partial charge in [-0.15, -0.1) is 0 Å². The summed E-state index contributed by atoms with van der Waals surface area (Å²) in [5.41, 5.74) is 2.13. The van der Waals surface area contributed by atoms with Crippen LogP contribution in [-0.2, 0) is 14.3 Å². The van der Waals surface area contributed by atoms with Crippen LogP contribution in [0.15, 0.2) is 48.0 Å². The Hall–Kier alpha value is -4.18. The number of methoxy groups -OCH3 is 1. The van der Waals surface area contributed by atoms with Gasteiger partial charge in [0, 0.05) is 5.56 Å². The number of carbonyl (C=O) groups is 3. The smallest absolute Gasteiger partial charge is 0.350 e. The summed E-state index contributed by atoms with van der Waals surface area (Å²) >= 11 is 0.941. The monoisotopic (exact) mass is 550 g/mol. The first kappa shape index (κ1) is 27.8. The normalized spacial score (nSPS) is 16.4. The Labute approximate surface area is 230 Å². The van der Waals surface area contributed by atoms with Crippen molar-refractivity contribution >= 4 is 39.9 Å². The predicted molar refractivity (Wildman–Crippen MR) is 148 cm³/mol. The predicted octanol–water partition coefficient (Wildman–Crippen LogP) is 5.36. The second-order valence-corrected chi connectivity index (χ2v) is 9.90. The Morgan fingerprint density at radius 3 is 2.41 bits per heavy atom. The molecule has 3 aromatic rings. The van der Waals surface area contributed by atoms with Crippen LogP contribution < -0.4 is 14.4 Å². The second-order valence-electron chi connectivity index (χ2n) is 8.93. The number of aromatic nitrogens is 1. The van der Waals surface area contributed by atoms with Gasteiger partial charge in [0.2, 0.25) is 0 Å². The van der Waals surface area contributed by atoms with E-state index >= 15 is 0 Å². The van der Waals surface area contributed by atoms with Gasteiger partial charge in [0.1, 0.15) is 10.6 Å². The van der Waals surface area contributed by atoms with Crippen LogP contribution in [0.2, 0.25) is 0 Å². The molecule has 1 atom stereocenters. The summed E-state index contributed by atoms with van der Waals surface area (Å²) in [6, 6.07) is 11.1. The average Bonchev–Trinajstić information content (AvgIpc) is 3.44. The Morgan fingerprint density at radius 1 is 1.05 bits per heavy atom. The highest BCUT2D eigenvalue weighted by Crippen LogP contribution is 2.45. The summed E-state index contributed by atoms with van der Waals surface area (Å²) < 4.78 is 16.5. The van der Waals surface area contributed by atoms with Crippen molar-refractivity contribution in [2.45, 2.75) is 40.2 Å². The first-order chi connectivity index (χ1) is 18.7. The summed E-state index contributed by atoms with van der Waals surface area (Å²) in [5, 5.41) is 11.5. The molecule has 0 spiro atoms. The van der Waals surface area contributed by atoms with Crippen molar-refractivity contribution in [3.63, 3.8) is 0 Å². The molecule has 0 radical (unpaired) electrons. The van der Waals surface area contributed by atoms with Crippen LogP contribution in [0.1, 0.15) is 58.4 Å². The zero-order valence-electron chi connectivity index (χ0n) is 22.4. The zero-order valence-corrected chi connectivity index (χ0v) is 23.3. The number of ketones is 1. The lowest BCUT2D eigenvalue weighted by Crippen LogP contribution is -2.29. The third-order valence-electron chi connectivity index (χ3n) is 6.18. The number of amides is 1. The Bertz CT molecular complexity index is 1440. The summed E-state index contributed by atoms with van der Waals surface area (Å²) in [4.78, 5) is 45.1. The number of rotatable bonds is 9. The molecule has 0 saturated carbocycles. The number of aliphatic hydroxyl groups excluding tert-OH is 1. The van der Waals surface area contributed by atoms with Gasteiger partial charge in [0.15, 0.2) is 16.6 Å². The molecule has 1 aromatic heterocycles. The molecule has 1 aliphatic rings. The molecule has 9 nitrogen and oxygen atoms in total. The fourth-order valence-electron chi connectivity index (χ4n) is 4.27. The molecule has 0 bridgehead atoms. The van der Waals surface area contributed by atoms with E-state index in [1.54, 1.807) is 49.4 Å². The van der Waals surface area contributed by atoms with Crippen molar-refractivity contribution in [3.05, 3.63) is 75.3 Å². The molecule has 1 saturated heterocycles. The first-order valence-corrected chi connectivity index (χ1v) is 13.4. The van der Waals surface area contributed by atoms with E-state index < -0.39 is 23.7 Å². The Kier molecular flexibility index (Phi) is 8.35. The maximum Gasteiger partial charge on any atom is 0.350 e. The molecule has 4 rings (SSSR count). The zero-order chi connectivity index (χ0) is 28.3. The van der Waals surface area contributed by atoms with E-state index in [1.165, 1.54) is 12.0 Å². The third kappa shape index (κ3) is 5.37. The molecule has 1 amide bonds. The highest BCUT2D eigenvalue weighted by Gasteiger charge is 2.48. The maximum absolute atomic E-state index is 13.5. The van der Waals surface area contributed by atoms with E-state index in [0.717, 1.165) is 23.3 Å². The molecule has 1 aliphatic heterocycles. The van der Waals surface area contributed by atoms with Gasteiger partial charge in [-0.3, -0.25) is 14.5 Å². The molecule has 2 aromatic carbocycles. The van der Waals surface area contributed by atoms with Crippen LogP contribution in [0.4, 0.5) is 5.13 Å². The van der Waals surface area contributed by atoms with Gasteiger partial charge in [0.05, 0.1) is 37.6 Å². The molecular formula is C29H30N2O7S. The lowest BCUT2D eigenvalue weighted by molar-refractivity contribution is -0.132. The standard InChI is InChI=1S/C29H30N2O7S/c1-6-14-38-20-13-12-19(15-21(20)37-7-2)23-22(24(32)18-10-8-16(3)9-11-18)25(33)27(34)31(23)29-30-17(4)26(39-29)28(35)36-5/h8-13,15,23,32H,6-7,14H2,1-5H3/b24-22+. The number of Topliss-reactive ketones (excluding diaryl/α,β-unsaturated/α-hetero) is 1. The lowest BCUT2D eigenvalue weighted by Gasteiger charge is -2.24. The summed E-state index contributed by atoms with van der Waals surface area (Å²) in [5.74, 6) is -1.68. The van der Waals surface area contributed by atoms with Crippen molar-refractivity contribution in [2.75, 3.05) is 25.2 Å². The number of ether oxygens (including phenoxy) is 3. The summed E-state index contributed by atoms with van der Waals surface area (Å²) in [6.45, 7) is 8.21. The highest BCUT2D eigenvalue weighted by molar-refractivity contribution is 7.17. The fourth-order valence-corrected chi connectivity index (χ4v) is 5.29. The molecule has 1 unspecified atom stereocenters. The number of aliphatic hydroxyl groups is 1. The third-order valence-corrected chi connectivity index (χ3v) is 7.31. The first-order valence-electron chi connectivity index (χ1n) is 12.5. The topological polar surface area (TPSA) is 115 Å². The van der Waals surface area contributed by atoms with E-state index in [2.05, 4.69) is 4.98 Å². The molecule has 204 valence electrons. The molecular weight excluding hydrogens is 520 g/mol. The van der Waals surface area contributed by atoms with E-state index in [4.69, 9.17) is 14.2 Å². The average molecular weight is 551 g/mol. The largest absolute Gasteiger partial charge is 0.507 e. The Morgan fingerprint density at radius 2 is 1.77 bits per heavy atom. The number of anilines is 1. The highest BCUT2D eigenvalue weighted by atomic mass is 32.1. The van der Waals surface area contributed by atoms with Crippen LogP contribution >= 0.6 is 11.3 Å². The van der Waals surface area contributed by atoms with Crippen molar-refractivity contribution in [1.82, 2.24) is 4.98 Å². The van der Waals surface area contributed by atoms with Gasteiger partial charge in [-0.05, 0) is 44.9 Å². The van der Waals surface area contributed by atoms with E-state index in [1.807, 2.05) is 20.8 Å². The Balaban J connectivity index is 1.94. The second kappa shape index (κ2) is 11.7. The minimum Gasteiger partial charge on any atom is -0.507 e. The van der Waals surface area contributed by atoms with Crippen molar-refractivity contribution in [3.8, 4) is 11.5 Å². The molecule has 0 aliphatic carbocycles. The van der Waals surface area contributed by atoms with Crippen LogP contribution in [-0.4, -0.2) is 48.1 Å². The molecule has 10 heteroatoms. The van der Waals surface area contributed by atoms with Crippen LogP contribution in [0.25, 0.3) is 5.76 Å². The van der Waals surface area contributed by atoms with Crippen LogP contribution in [0, 0.1) is 13.8 Å². The van der Waals surface area contributed by atoms with Crippen molar-refractivity contribution in [1.29, 1.82) is 0 Å². The van der Waals surface area contributed by atoms with Gasteiger partial charge in [-0.2, -0.15) is 0 Å². The number of hydrogen-bond acceptors (Lipinski definition) is 9. The maximum atomic E-state index is 13.5. The molecule has 39 heavy (non-hydrogen) atoms. The number of aryl methyl sites for hydroxylation is 2. The molecule has 2 heterocycles. The molecule has 1 fully saturated rings. The van der Waals surface area contributed by atoms with Crippen LogP contribution in [0.3, 0.4) is 0 Å². The van der Waals surface area contributed by atoms with Gasteiger partial charge in [-0.1, -0.05) is 54.2 Å². The number of esters is 1. The van der Waals surface area contributed by atoms with Gasteiger partial charge in [0.25, 0.3) is 5.78 Å². The van der Waals surface area contributed by atoms with Gasteiger partial charge in [-0.25, -0.2) is 9.78 Å². The van der Waals surface area contributed by atoms with Crippen LogP contribution in [0.5, 0.6) is 11.5 Å². The van der Waals surface area contributed by atoms with E-state index in [-0.39, 0.29) is 21.3 Å². The minimum absolute atomic E-state index is 0.0963. The van der Waals surface area contributed by atoms with Crippen molar-refractivity contribution < 1.29 is 33.7 Å². The van der Waals surface area contributed by atoms with E-state index in [9.17, 15) is 19.5 Å².